The van der Waals surface area contributed by atoms with Crippen molar-refractivity contribution in [3.63, 3.8) is 0 Å². The van der Waals surface area contributed by atoms with E-state index in [9.17, 15) is 4.79 Å². The van der Waals surface area contributed by atoms with Crippen molar-refractivity contribution in [1.29, 1.82) is 0 Å². The molecule has 0 fully saturated rings. The number of hydrogen-bond donors (Lipinski definition) is 0. The Balaban J connectivity index is 1.55. The third kappa shape index (κ3) is 5.36. The average Bonchev–Trinajstić information content (AvgIpc) is 3.58. The van der Waals surface area contributed by atoms with Crippen LogP contribution in [0.3, 0.4) is 0 Å². The van der Waals surface area contributed by atoms with Gasteiger partial charge in [-0.3, -0.25) is 9.36 Å². The van der Waals surface area contributed by atoms with E-state index in [0.717, 1.165) is 41.8 Å². The lowest BCUT2D eigenvalue weighted by atomic mass is 10.2. The summed E-state index contributed by atoms with van der Waals surface area (Å²) in [6.45, 7) is 7.73. The summed E-state index contributed by atoms with van der Waals surface area (Å²) in [4.78, 5) is 19.3. The molecule has 4 aromatic rings. The molecule has 0 bridgehead atoms. The minimum atomic E-state index is 0.00845. The largest absolute Gasteiger partial charge is 0.461 e. The molecule has 0 saturated carbocycles. The number of hydrogen-bond acceptors (Lipinski definition) is 7. The summed E-state index contributed by atoms with van der Waals surface area (Å²) < 4.78 is 7.58. The van der Waals surface area contributed by atoms with E-state index in [1.54, 1.807) is 18.0 Å². The highest BCUT2D eigenvalue weighted by molar-refractivity contribution is 7.98. The third-order valence-corrected chi connectivity index (χ3v) is 7.01. The van der Waals surface area contributed by atoms with Crippen molar-refractivity contribution in [3.8, 4) is 17.3 Å². The highest BCUT2D eigenvalue weighted by Crippen LogP contribution is 2.30. The molecule has 7 nitrogen and oxygen atoms in total. The first-order valence-electron chi connectivity index (χ1n) is 11.0. The molecule has 1 amide bonds. The smallest absolute Gasteiger partial charge is 0.273 e. The van der Waals surface area contributed by atoms with Crippen LogP contribution in [-0.4, -0.2) is 43.6 Å². The van der Waals surface area contributed by atoms with Crippen molar-refractivity contribution in [3.05, 3.63) is 64.3 Å². The fourth-order valence-electron chi connectivity index (χ4n) is 3.47. The molecule has 0 aliphatic heterocycles. The lowest BCUT2D eigenvalue weighted by molar-refractivity contribution is 0.0750. The number of carbonyl (C=O) groups is 1. The second-order valence-electron chi connectivity index (χ2n) is 7.66. The van der Waals surface area contributed by atoms with Crippen LogP contribution < -0.4 is 0 Å². The van der Waals surface area contributed by atoms with Crippen LogP contribution in [-0.2, 0) is 5.75 Å². The molecule has 1 aromatic carbocycles. The highest BCUT2D eigenvalue weighted by Gasteiger charge is 2.20. The third-order valence-electron chi connectivity index (χ3n) is 5.04. The van der Waals surface area contributed by atoms with Crippen molar-refractivity contribution in [1.82, 2.24) is 24.6 Å². The van der Waals surface area contributed by atoms with Gasteiger partial charge in [0.1, 0.15) is 10.7 Å². The van der Waals surface area contributed by atoms with Crippen LogP contribution in [0.15, 0.2) is 57.6 Å². The number of thiazole rings is 1. The number of aromatic nitrogens is 4. The molecule has 0 aliphatic carbocycles. The normalized spacial score (nSPS) is 11.1. The van der Waals surface area contributed by atoms with Crippen LogP contribution in [0.1, 0.15) is 47.7 Å². The van der Waals surface area contributed by atoms with Crippen molar-refractivity contribution in [2.24, 2.45) is 0 Å². The quantitative estimate of drug-likeness (QED) is 0.265. The zero-order chi connectivity index (χ0) is 23.2. The van der Waals surface area contributed by atoms with Crippen molar-refractivity contribution in [2.45, 2.75) is 44.5 Å². The van der Waals surface area contributed by atoms with Crippen LogP contribution in [0.2, 0.25) is 0 Å². The summed E-state index contributed by atoms with van der Waals surface area (Å²) in [5.41, 5.74) is 2.67. The maximum absolute atomic E-state index is 12.8. The van der Waals surface area contributed by atoms with Gasteiger partial charge in [0.25, 0.3) is 5.91 Å². The first-order valence-corrected chi connectivity index (χ1v) is 12.9. The van der Waals surface area contributed by atoms with Gasteiger partial charge in [-0.2, -0.15) is 0 Å². The van der Waals surface area contributed by atoms with Gasteiger partial charge in [-0.15, -0.1) is 21.5 Å². The second-order valence-corrected chi connectivity index (χ2v) is 9.55. The van der Waals surface area contributed by atoms with Crippen LogP contribution in [0.25, 0.3) is 17.3 Å². The molecule has 0 radical (unpaired) electrons. The summed E-state index contributed by atoms with van der Waals surface area (Å²) in [5, 5.41) is 12.3. The molecular weight excluding hydrogens is 454 g/mol. The maximum atomic E-state index is 12.8. The summed E-state index contributed by atoms with van der Waals surface area (Å²) in [7, 11) is 0. The Hall–Kier alpha value is -2.91. The lowest BCUT2D eigenvalue weighted by Gasteiger charge is -2.20. The zero-order valence-corrected chi connectivity index (χ0v) is 20.7. The van der Waals surface area contributed by atoms with Crippen molar-refractivity contribution >= 4 is 29.0 Å². The zero-order valence-electron chi connectivity index (χ0n) is 19.0. The van der Waals surface area contributed by atoms with Crippen LogP contribution in [0.5, 0.6) is 0 Å². The first-order chi connectivity index (χ1) is 16.1. The molecule has 4 rings (SSSR count). The van der Waals surface area contributed by atoms with E-state index in [4.69, 9.17) is 4.42 Å². The van der Waals surface area contributed by atoms with E-state index in [0.29, 0.717) is 23.0 Å². The number of furan rings is 1. The number of aryl methyl sites for hydroxylation is 1. The monoisotopic (exact) mass is 481 g/mol. The van der Waals surface area contributed by atoms with Gasteiger partial charge in [0.05, 0.1) is 12.0 Å². The standard InChI is InChI=1S/C24H27N5O2S2/c1-4-12-28(13-5-2)23(30)19-15-32-21(25-19)16-33-24-27-26-22(20-7-6-14-31-20)29(24)18-10-8-17(3)9-11-18/h6-11,14-15H,4-5,12-13,16H2,1-3H3. The Labute approximate surface area is 201 Å². The Morgan fingerprint density at radius 3 is 2.55 bits per heavy atom. The first kappa shape index (κ1) is 23.3. The molecule has 33 heavy (non-hydrogen) atoms. The van der Waals surface area contributed by atoms with Gasteiger partial charge in [-0.1, -0.05) is 43.3 Å². The molecule has 0 saturated heterocycles. The van der Waals surface area contributed by atoms with E-state index >= 15 is 0 Å². The van der Waals surface area contributed by atoms with E-state index < -0.39 is 0 Å². The molecule has 0 atom stereocenters. The summed E-state index contributed by atoms with van der Waals surface area (Å²) in [5.74, 6) is 1.91. The van der Waals surface area contributed by atoms with Gasteiger partial charge in [0.2, 0.25) is 5.82 Å². The average molecular weight is 482 g/mol. The summed E-state index contributed by atoms with van der Waals surface area (Å²) in [6.07, 6.45) is 3.50. The molecule has 3 heterocycles. The van der Waals surface area contributed by atoms with Crippen LogP contribution in [0, 0.1) is 6.92 Å². The van der Waals surface area contributed by atoms with Crippen molar-refractivity contribution < 1.29 is 9.21 Å². The topological polar surface area (TPSA) is 77.0 Å². The Kier molecular flexibility index (Phi) is 7.61. The van der Waals surface area contributed by atoms with E-state index in [1.807, 2.05) is 39.1 Å². The summed E-state index contributed by atoms with van der Waals surface area (Å²) >= 11 is 3.05. The highest BCUT2D eigenvalue weighted by atomic mass is 32.2. The molecule has 0 N–H and O–H groups in total. The van der Waals surface area contributed by atoms with Crippen LogP contribution in [0.4, 0.5) is 0 Å². The lowest BCUT2D eigenvalue weighted by Crippen LogP contribution is -2.32. The molecule has 172 valence electrons. The minimum Gasteiger partial charge on any atom is -0.461 e. The Morgan fingerprint density at radius 1 is 1.12 bits per heavy atom. The molecule has 3 aromatic heterocycles. The number of nitrogens with zero attached hydrogens (tertiary/aromatic N) is 5. The van der Waals surface area contributed by atoms with Gasteiger partial charge >= 0.3 is 0 Å². The van der Waals surface area contributed by atoms with Gasteiger partial charge in [0.15, 0.2) is 10.9 Å². The van der Waals surface area contributed by atoms with Gasteiger partial charge in [-0.25, -0.2) is 4.98 Å². The molecular formula is C24H27N5O2S2. The Morgan fingerprint density at radius 2 is 1.88 bits per heavy atom. The fraction of sp³-hybridized carbons (Fsp3) is 0.333. The molecule has 0 aliphatic rings. The van der Waals surface area contributed by atoms with Gasteiger partial charge in [0, 0.05) is 24.2 Å². The number of rotatable bonds is 10. The number of thioether (sulfide) groups is 1. The van der Waals surface area contributed by atoms with E-state index in [-0.39, 0.29) is 5.91 Å². The number of carbonyl (C=O) groups excluding carboxylic acids is 1. The molecule has 0 spiro atoms. The second kappa shape index (κ2) is 10.8. The van der Waals surface area contributed by atoms with Crippen molar-refractivity contribution in [2.75, 3.05) is 13.1 Å². The predicted molar refractivity (Wildman–Crippen MR) is 132 cm³/mol. The fourth-order valence-corrected chi connectivity index (χ4v) is 5.21. The summed E-state index contributed by atoms with van der Waals surface area (Å²) in [6, 6.07) is 11.9. The SMILES string of the molecule is CCCN(CCC)C(=O)c1csc(CSc2nnc(-c3ccco3)n2-c2ccc(C)cc2)n1. The van der Waals surface area contributed by atoms with E-state index in [1.165, 1.54) is 16.9 Å². The number of amides is 1. The van der Waals surface area contributed by atoms with Gasteiger partial charge < -0.3 is 9.32 Å². The minimum absolute atomic E-state index is 0.00845. The van der Waals surface area contributed by atoms with Gasteiger partial charge in [-0.05, 0) is 44.0 Å². The van der Waals surface area contributed by atoms with Crippen LogP contribution >= 0.6 is 23.1 Å². The predicted octanol–water partition coefficient (Wildman–Crippen LogP) is 5.85. The Bertz CT molecular complexity index is 1180. The molecule has 0 unspecified atom stereocenters. The maximum Gasteiger partial charge on any atom is 0.273 e. The number of benzene rings is 1. The van der Waals surface area contributed by atoms with E-state index in [2.05, 4.69) is 48.1 Å². The molecule has 9 heteroatoms.